The number of hydrogen-bond donors (Lipinski definition) is 1. The highest BCUT2D eigenvalue weighted by atomic mass is 16.5. The van der Waals surface area contributed by atoms with Gasteiger partial charge in [0.1, 0.15) is 12.3 Å². The van der Waals surface area contributed by atoms with Crippen molar-refractivity contribution in [1.82, 2.24) is 4.90 Å². The van der Waals surface area contributed by atoms with E-state index < -0.39 is 5.97 Å². The van der Waals surface area contributed by atoms with E-state index >= 15 is 0 Å². The van der Waals surface area contributed by atoms with Crippen LogP contribution in [0.5, 0.6) is 5.75 Å². The summed E-state index contributed by atoms with van der Waals surface area (Å²) < 4.78 is 5.54. The van der Waals surface area contributed by atoms with Gasteiger partial charge in [-0.25, -0.2) is 0 Å². The van der Waals surface area contributed by atoms with Crippen LogP contribution in [0.25, 0.3) is 0 Å². The van der Waals surface area contributed by atoms with E-state index in [1.807, 2.05) is 39.8 Å². The number of aliphatic carboxylic acids is 1. The molecule has 0 heterocycles. The molecule has 1 aromatic rings. The third-order valence-electron chi connectivity index (χ3n) is 3.17. The van der Waals surface area contributed by atoms with Crippen LogP contribution >= 0.6 is 0 Å². The van der Waals surface area contributed by atoms with E-state index in [9.17, 15) is 9.59 Å². The van der Waals surface area contributed by atoms with Gasteiger partial charge in [-0.05, 0) is 37.0 Å². The van der Waals surface area contributed by atoms with E-state index in [0.717, 1.165) is 11.1 Å². The number of amides is 1. The zero-order valence-corrected chi connectivity index (χ0v) is 13.0. The molecule has 5 heteroatoms. The number of hydrogen-bond acceptors (Lipinski definition) is 3. The molecule has 0 aliphatic rings. The monoisotopic (exact) mass is 293 g/mol. The first-order valence-electron chi connectivity index (χ1n) is 6.99. The Balaban J connectivity index is 2.68. The molecule has 1 N–H and O–H groups in total. The van der Waals surface area contributed by atoms with Gasteiger partial charge >= 0.3 is 5.97 Å². The molecule has 0 unspecified atom stereocenters. The molecule has 0 radical (unpaired) electrons. The van der Waals surface area contributed by atoms with Crippen molar-refractivity contribution in [3.8, 4) is 5.75 Å². The van der Waals surface area contributed by atoms with Crippen LogP contribution in [0.1, 0.15) is 25.0 Å². The summed E-state index contributed by atoms with van der Waals surface area (Å²) in [6.45, 7) is 7.73. The Hall–Kier alpha value is -2.04. The Bertz CT molecular complexity index is 511. The highest BCUT2D eigenvalue weighted by Crippen LogP contribution is 2.20. The standard InChI is InChI=1S/C16H23NO4/c1-11(2)8-17(9-16(19)20)15(18)10-21-14-7-5-6-12(3)13(14)4/h5-7,11H,8-10H2,1-4H3,(H,19,20). The second-order valence-corrected chi connectivity index (χ2v) is 5.55. The first-order chi connectivity index (χ1) is 9.81. The quantitative estimate of drug-likeness (QED) is 0.837. The first kappa shape index (κ1) is 17.0. The van der Waals surface area contributed by atoms with Gasteiger partial charge in [-0.2, -0.15) is 0 Å². The Morgan fingerprint density at radius 3 is 2.52 bits per heavy atom. The predicted octanol–water partition coefficient (Wildman–Crippen LogP) is 2.25. The van der Waals surface area contributed by atoms with Crippen LogP contribution in [0.2, 0.25) is 0 Å². The maximum absolute atomic E-state index is 12.1. The highest BCUT2D eigenvalue weighted by molar-refractivity contribution is 5.82. The fourth-order valence-electron chi connectivity index (χ4n) is 1.97. The Kier molecular flexibility index (Phi) is 6.21. The molecule has 5 nitrogen and oxygen atoms in total. The van der Waals surface area contributed by atoms with Gasteiger partial charge in [0, 0.05) is 6.54 Å². The van der Waals surface area contributed by atoms with Crippen LogP contribution in [-0.4, -0.2) is 41.6 Å². The molecule has 0 atom stereocenters. The predicted molar refractivity (Wildman–Crippen MR) is 80.5 cm³/mol. The topological polar surface area (TPSA) is 66.8 Å². The molecule has 0 spiro atoms. The average Bonchev–Trinajstić information content (AvgIpc) is 2.38. The third-order valence-corrected chi connectivity index (χ3v) is 3.17. The van der Waals surface area contributed by atoms with E-state index in [1.165, 1.54) is 4.90 Å². The fraction of sp³-hybridized carbons (Fsp3) is 0.500. The van der Waals surface area contributed by atoms with Crippen LogP contribution < -0.4 is 4.74 Å². The summed E-state index contributed by atoms with van der Waals surface area (Å²) in [6, 6.07) is 5.64. The summed E-state index contributed by atoms with van der Waals surface area (Å²) in [5.74, 6) is -0.472. The van der Waals surface area contributed by atoms with Gasteiger partial charge < -0.3 is 14.7 Å². The summed E-state index contributed by atoms with van der Waals surface area (Å²) in [4.78, 5) is 24.3. The maximum Gasteiger partial charge on any atom is 0.323 e. The van der Waals surface area contributed by atoms with Crippen molar-refractivity contribution in [1.29, 1.82) is 0 Å². The van der Waals surface area contributed by atoms with Gasteiger partial charge in [0.05, 0.1) is 0 Å². The molecule has 0 aromatic heterocycles. The van der Waals surface area contributed by atoms with Gasteiger partial charge in [-0.1, -0.05) is 26.0 Å². The molecule has 21 heavy (non-hydrogen) atoms. The number of aryl methyl sites for hydroxylation is 1. The van der Waals surface area contributed by atoms with E-state index in [1.54, 1.807) is 6.07 Å². The zero-order valence-electron chi connectivity index (χ0n) is 13.0. The number of carboxylic acid groups (broad SMARTS) is 1. The lowest BCUT2D eigenvalue weighted by Gasteiger charge is -2.23. The first-order valence-corrected chi connectivity index (χ1v) is 6.99. The lowest BCUT2D eigenvalue weighted by atomic mass is 10.1. The lowest BCUT2D eigenvalue weighted by molar-refractivity contribution is -0.145. The highest BCUT2D eigenvalue weighted by Gasteiger charge is 2.18. The van der Waals surface area contributed by atoms with Gasteiger partial charge in [0.15, 0.2) is 6.61 Å². The van der Waals surface area contributed by atoms with Gasteiger partial charge in [-0.3, -0.25) is 9.59 Å². The molecule has 0 fully saturated rings. The minimum atomic E-state index is -1.02. The molecule has 1 rings (SSSR count). The van der Waals surface area contributed by atoms with Gasteiger partial charge in [0.25, 0.3) is 5.91 Å². The lowest BCUT2D eigenvalue weighted by Crippen LogP contribution is -2.40. The minimum Gasteiger partial charge on any atom is -0.483 e. The van der Waals surface area contributed by atoms with E-state index in [-0.39, 0.29) is 25.0 Å². The van der Waals surface area contributed by atoms with Crippen LogP contribution in [0, 0.1) is 19.8 Å². The smallest absolute Gasteiger partial charge is 0.323 e. The number of carboxylic acids is 1. The molecule has 0 aliphatic heterocycles. The zero-order chi connectivity index (χ0) is 16.0. The summed E-state index contributed by atoms with van der Waals surface area (Å²) in [5, 5.41) is 8.88. The van der Waals surface area contributed by atoms with E-state index in [0.29, 0.717) is 12.3 Å². The number of ether oxygens (including phenoxy) is 1. The number of benzene rings is 1. The molecule has 0 saturated heterocycles. The molecular weight excluding hydrogens is 270 g/mol. The van der Waals surface area contributed by atoms with Crippen LogP contribution in [0.3, 0.4) is 0 Å². The van der Waals surface area contributed by atoms with E-state index in [2.05, 4.69) is 0 Å². The van der Waals surface area contributed by atoms with Crippen molar-refractivity contribution in [3.05, 3.63) is 29.3 Å². The molecule has 0 saturated carbocycles. The molecule has 0 aliphatic carbocycles. The number of carbonyl (C=O) groups excluding carboxylic acids is 1. The maximum atomic E-state index is 12.1. The minimum absolute atomic E-state index is 0.149. The van der Waals surface area contributed by atoms with Crippen LogP contribution in [-0.2, 0) is 9.59 Å². The van der Waals surface area contributed by atoms with Crippen molar-refractivity contribution in [2.24, 2.45) is 5.92 Å². The van der Waals surface area contributed by atoms with Gasteiger partial charge in [0.2, 0.25) is 0 Å². The summed E-state index contributed by atoms with van der Waals surface area (Å²) in [6.07, 6.45) is 0. The molecule has 1 aromatic carbocycles. The molecular formula is C16H23NO4. The Morgan fingerprint density at radius 2 is 1.95 bits per heavy atom. The van der Waals surface area contributed by atoms with Crippen molar-refractivity contribution >= 4 is 11.9 Å². The molecule has 0 bridgehead atoms. The largest absolute Gasteiger partial charge is 0.483 e. The van der Waals surface area contributed by atoms with Crippen molar-refractivity contribution in [3.63, 3.8) is 0 Å². The average molecular weight is 293 g/mol. The number of nitrogens with zero attached hydrogens (tertiary/aromatic N) is 1. The molecule has 1 amide bonds. The van der Waals surface area contributed by atoms with Crippen molar-refractivity contribution in [2.45, 2.75) is 27.7 Å². The number of carbonyl (C=O) groups is 2. The summed E-state index contributed by atoms with van der Waals surface area (Å²) in [5.41, 5.74) is 2.07. The second kappa shape index (κ2) is 7.67. The van der Waals surface area contributed by atoms with Crippen LogP contribution in [0.15, 0.2) is 18.2 Å². The Labute approximate surface area is 125 Å². The SMILES string of the molecule is Cc1cccc(OCC(=O)N(CC(=O)O)CC(C)C)c1C. The van der Waals surface area contributed by atoms with Crippen molar-refractivity contribution < 1.29 is 19.4 Å². The second-order valence-electron chi connectivity index (χ2n) is 5.55. The molecule has 116 valence electrons. The summed E-state index contributed by atoms with van der Waals surface area (Å²) >= 11 is 0. The van der Waals surface area contributed by atoms with Gasteiger partial charge in [-0.15, -0.1) is 0 Å². The van der Waals surface area contributed by atoms with Crippen molar-refractivity contribution in [2.75, 3.05) is 19.7 Å². The number of rotatable bonds is 7. The van der Waals surface area contributed by atoms with Crippen LogP contribution in [0.4, 0.5) is 0 Å². The van der Waals surface area contributed by atoms with E-state index in [4.69, 9.17) is 9.84 Å². The fourth-order valence-corrected chi connectivity index (χ4v) is 1.97. The summed E-state index contributed by atoms with van der Waals surface area (Å²) in [7, 11) is 0. The third kappa shape index (κ3) is 5.45. The normalized spacial score (nSPS) is 10.5. The Morgan fingerprint density at radius 1 is 1.29 bits per heavy atom.